The summed E-state index contributed by atoms with van der Waals surface area (Å²) < 4.78 is 5.00. The van der Waals surface area contributed by atoms with Crippen LogP contribution in [0.25, 0.3) is 0 Å². The Kier molecular flexibility index (Phi) is 3.69. The Balaban J connectivity index is 1.99. The molecular weight excluding hydrogens is 249 g/mol. The van der Waals surface area contributed by atoms with E-state index in [1.165, 1.54) is 0 Å². The minimum absolute atomic E-state index is 0.0803. The van der Waals surface area contributed by atoms with E-state index in [9.17, 15) is 4.79 Å². The van der Waals surface area contributed by atoms with Crippen LogP contribution in [0, 0.1) is 5.92 Å². The van der Waals surface area contributed by atoms with E-state index < -0.39 is 0 Å². The maximum Gasteiger partial charge on any atom is 0.224 e. The van der Waals surface area contributed by atoms with Crippen molar-refractivity contribution in [2.45, 2.75) is 6.42 Å². The fraction of sp³-hybridized carbons (Fsp3) is 0.364. The molecule has 0 spiro atoms. The van der Waals surface area contributed by atoms with Gasteiger partial charge in [-0.05, 0) is 12.1 Å². The van der Waals surface area contributed by atoms with Crippen molar-refractivity contribution in [3.63, 3.8) is 0 Å². The van der Waals surface area contributed by atoms with Gasteiger partial charge in [-0.15, -0.1) is 0 Å². The Morgan fingerprint density at radius 2 is 2.00 bits per heavy atom. The smallest absolute Gasteiger partial charge is 0.224 e. The lowest BCUT2D eigenvalue weighted by atomic mass is 10.0. The molecule has 1 N–H and O–H groups in total. The van der Waals surface area contributed by atoms with Crippen molar-refractivity contribution in [2.24, 2.45) is 5.92 Å². The normalized spacial score (nSPS) is 15.6. The summed E-state index contributed by atoms with van der Waals surface area (Å²) in [5.74, 6) is 0.240. The molecule has 1 amide bonds. The maximum absolute atomic E-state index is 11.6. The third-order valence-corrected chi connectivity index (χ3v) is 3.04. The zero-order valence-electron chi connectivity index (χ0n) is 8.50. The number of hydrogen-bond donors (Lipinski definition) is 1. The molecule has 3 nitrogen and oxygen atoms in total. The summed E-state index contributed by atoms with van der Waals surface area (Å²) in [5, 5.41) is 3.62. The lowest BCUT2D eigenvalue weighted by molar-refractivity contribution is -0.121. The summed E-state index contributed by atoms with van der Waals surface area (Å²) >= 11 is 11.9. The molecule has 2 rings (SSSR count). The van der Waals surface area contributed by atoms with E-state index in [4.69, 9.17) is 27.9 Å². The Labute approximate surface area is 104 Å². The molecule has 1 aromatic carbocycles. The Bertz CT molecular complexity index is 385. The number of carbonyl (C=O) groups is 1. The molecule has 0 radical (unpaired) electrons. The number of halogens is 2. The van der Waals surface area contributed by atoms with Gasteiger partial charge < -0.3 is 10.1 Å². The molecule has 1 aliphatic rings. The second kappa shape index (κ2) is 5.04. The SMILES string of the molecule is O=C(CC1COC1)Nc1c(Cl)cccc1Cl. The van der Waals surface area contributed by atoms with Crippen molar-refractivity contribution >= 4 is 34.8 Å². The second-order valence-corrected chi connectivity index (χ2v) is 4.57. The van der Waals surface area contributed by atoms with Crippen LogP contribution in [0.4, 0.5) is 5.69 Å². The van der Waals surface area contributed by atoms with E-state index in [1.54, 1.807) is 18.2 Å². The topological polar surface area (TPSA) is 38.3 Å². The monoisotopic (exact) mass is 259 g/mol. The molecule has 86 valence electrons. The first-order valence-electron chi connectivity index (χ1n) is 4.98. The predicted octanol–water partition coefficient (Wildman–Crippen LogP) is 2.97. The average Bonchev–Trinajstić information content (AvgIpc) is 2.18. The van der Waals surface area contributed by atoms with Gasteiger partial charge in [0.25, 0.3) is 0 Å². The van der Waals surface area contributed by atoms with Gasteiger partial charge in [-0.25, -0.2) is 0 Å². The number of hydrogen-bond acceptors (Lipinski definition) is 2. The quantitative estimate of drug-likeness (QED) is 0.907. The van der Waals surface area contributed by atoms with Gasteiger partial charge in [0.15, 0.2) is 0 Å². The molecule has 1 saturated heterocycles. The van der Waals surface area contributed by atoms with Gasteiger partial charge in [-0.2, -0.15) is 0 Å². The van der Waals surface area contributed by atoms with Gasteiger partial charge in [0, 0.05) is 12.3 Å². The molecule has 0 atom stereocenters. The van der Waals surface area contributed by atoms with Gasteiger partial charge in [-0.3, -0.25) is 4.79 Å². The van der Waals surface area contributed by atoms with Crippen molar-refractivity contribution in [3.8, 4) is 0 Å². The van der Waals surface area contributed by atoms with Crippen LogP contribution in [-0.4, -0.2) is 19.1 Å². The minimum Gasteiger partial charge on any atom is -0.381 e. The molecule has 1 aromatic rings. The molecule has 0 aromatic heterocycles. The number of nitrogens with one attached hydrogen (secondary N) is 1. The molecular formula is C11H11Cl2NO2. The van der Waals surface area contributed by atoms with Crippen molar-refractivity contribution in [3.05, 3.63) is 28.2 Å². The number of carbonyl (C=O) groups excluding carboxylic acids is 1. The number of para-hydroxylation sites is 1. The van der Waals surface area contributed by atoms with Crippen LogP contribution < -0.4 is 5.32 Å². The number of benzene rings is 1. The first kappa shape index (κ1) is 11.7. The van der Waals surface area contributed by atoms with Gasteiger partial charge >= 0.3 is 0 Å². The summed E-state index contributed by atoms with van der Waals surface area (Å²) in [6.07, 6.45) is 0.446. The lowest BCUT2D eigenvalue weighted by Crippen LogP contribution is -2.31. The molecule has 1 heterocycles. The number of anilines is 1. The number of amides is 1. The first-order chi connectivity index (χ1) is 7.66. The summed E-state index contributed by atoms with van der Waals surface area (Å²) in [4.78, 5) is 11.6. The molecule has 1 aliphatic heterocycles. The highest BCUT2D eigenvalue weighted by molar-refractivity contribution is 6.39. The first-order valence-corrected chi connectivity index (χ1v) is 5.74. The fourth-order valence-corrected chi connectivity index (χ4v) is 1.96. The molecule has 0 unspecified atom stereocenters. The van der Waals surface area contributed by atoms with Crippen LogP contribution in [0.3, 0.4) is 0 Å². The van der Waals surface area contributed by atoms with Crippen LogP contribution in [0.2, 0.25) is 10.0 Å². The minimum atomic E-state index is -0.0803. The number of rotatable bonds is 3. The van der Waals surface area contributed by atoms with Gasteiger partial charge in [-0.1, -0.05) is 29.3 Å². The standard InChI is InChI=1S/C11H11Cl2NO2/c12-8-2-1-3-9(13)11(8)14-10(15)4-7-5-16-6-7/h1-3,7H,4-6H2,(H,14,15). The number of ether oxygens (including phenoxy) is 1. The second-order valence-electron chi connectivity index (χ2n) is 3.75. The zero-order chi connectivity index (χ0) is 11.5. The maximum atomic E-state index is 11.6. The van der Waals surface area contributed by atoms with E-state index in [-0.39, 0.29) is 5.91 Å². The highest BCUT2D eigenvalue weighted by Crippen LogP contribution is 2.30. The van der Waals surface area contributed by atoms with Crippen molar-refractivity contribution in [1.82, 2.24) is 0 Å². The molecule has 0 saturated carbocycles. The Morgan fingerprint density at radius 3 is 2.50 bits per heavy atom. The summed E-state index contributed by atoms with van der Waals surface area (Å²) in [6, 6.07) is 5.12. The average molecular weight is 260 g/mol. The van der Waals surface area contributed by atoms with Crippen LogP contribution in [0.15, 0.2) is 18.2 Å². The Hall–Kier alpha value is -0.770. The highest BCUT2D eigenvalue weighted by Gasteiger charge is 2.22. The van der Waals surface area contributed by atoms with E-state index >= 15 is 0 Å². The lowest BCUT2D eigenvalue weighted by Gasteiger charge is -2.25. The van der Waals surface area contributed by atoms with Crippen LogP contribution in [-0.2, 0) is 9.53 Å². The predicted molar refractivity (Wildman–Crippen MR) is 64.0 cm³/mol. The van der Waals surface area contributed by atoms with Crippen molar-refractivity contribution < 1.29 is 9.53 Å². The van der Waals surface area contributed by atoms with Gasteiger partial charge in [0.1, 0.15) is 0 Å². The molecule has 16 heavy (non-hydrogen) atoms. The third kappa shape index (κ3) is 2.67. The molecule has 1 fully saturated rings. The highest BCUT2D eigenvalue weighted by atomic mass is 35.5. The van der Waals surface area contributed by atoms with Gasteiger partial charge in [0.2, 0.25) is 5.91 Å². The fourth-order valence-electron chi connectivity index (χ4n) is 1.47. The summed E-state index contributed by atoms with van der Waals surface area (Å²) in [6.45, 7) is 1.31. The van der Waals surface area contributed by atoms with E-state index in [0.717, 1.165) is 0 Å². The third-order valence-electron chi connectivity index (χ3n) is 2.41. The van der Waals surface area contributed by atoms with E-state index in [0.29, 0.717) is 41.3 Å². The largest absolute Gasteiger partial charge is 0.381 e. The van der Waals surface area contributed by atoms with Crippen LogP contribution in [0.1, 0.15) is 6.42 Å². The van der Waals surface area contributed by atoms with E-state index in [1.807, 2.05) is 0 Å². The summed E-state index contributed by atoms with van der Waals surface area (Å²) in [5.41, 5.74) is 0.482. The Morgan fingerprint density at radius 1 is 1.38 bits per heavy atom. The zero-order valence-corrected chi connectivity index (χ0v) is 10.0. The molecule has 0 aliphatic carbocycles. The molecule has 5 heteroatoms. The van der Waals surface area contributed by atoms with Crippen molar-refractivity contribution in [1.29, 1.82) is 0 Å². The summed E-state index contributed by atoms with van der Waals surface area (Å²) in [7, 11) is 0. The van der Waals surface area contributed by atoms with Crippen LogP contribution in [0.5, 0.6) is 0 Å². The van der Waals surface area contributed by atoms with Gasteiger partial charge in [0.05, 0.1) is 28.9 Å². The van der Waals surface area contributed by atoms with E-state index in [2.05, 4.69) is 5.32 Å². The van der Waals surface area contributed by atoms with Crippen molar-refractivity contribution in [2.75, 3.05) is 18.5 Å². The molecule has 0 bridgehead atoms. The van der Waals surface area contributed by atoms with Crippen LogP contribution >= 0.6 is 23.2 Å².